The monoisotopic (exact) mass is 247 g/mol. The van der Waals surface area contributed by atoms with Crippen LogP contribution in [0.2, 0.25) is 0 Å². The van der Waals surface area contributed by atoms with Gasteiger partial charge in [0.2, 0.25) is 0 Å². The van der Waals surface area contributed by atoms with Gasteiger partial charge in [0.25, 0.3) is 0 Å². The van der Waals surface area contributed by atoms with Gasteiger partial charge in [-0.25, -0.2) is 0 Å². The minimum atomic E-state index is 0.124. The number of hydrogen-bond acceptors (Lipinski definition) is 3. The maximum absolute atomic E-state index is 7.36. The molecule has 1 heterocycles. The van der Waals surface area contributed by atoms with Gasteiger partial charge in [0.15, 0.2) is 0 Å². The van der Waals surface area contributed by atoms with E-state index in [9.17, 15) is 0 Å². The lowest BCUT2D eigenvalue weighted by Crippen LogP contribution is -2.41. The molecular weight excluding hydrogens is 226 g/mol. The van der Waals surface area contributed by atoms with Crippen LogP contribution in [0.4, 0.5) is 0 Å². The van der Waals surface area contributed by atoms with E-state index in [1.807, 2.05) is 24.3 Å². The molecule has 1 fully saturated rings. The first-order valence-corrected chi connectivity index (χ1v) is 6.46. The van der Waals surface area contributed by atoms with Crippen molar-refractivity contribution in [3.63, 3.8) is 0 Å². The molecular formula is C14H21N3O. The molecule has 0 saturated carbocycles. The van der Waals surface area contributed by atoms with Gasteiger partial charge < -0.3 is 10.5 Å². The summed E-state index contributed by atoms with van der Waals surface area (Å²) in [6.45, 7) is 5.92. The second-order valence-electron chi connectivity index (χ2n) is 4.75. The summed E-state index contributed by atoms with van der Waals surface area (Å²) in [5, 5.41) is 7.36. The third-order valence-electron chi connectivity index (χ3n) is 3.35. The van der Waals surface area contributed by atoms with Crippen molar-refractivity contribution in [3.05, 3.63) is 35.4 Å². The van der Waals surface area contributed by atoms with E-state index in [4.69, 9.17) is 15.9 Å². The minimum absolute atomic E-state index is 0.124. The Morgan fingerprint density at radius 2 is 2.17 bits per heavy atom. The summed E-state index contributed by atoms with van der Waals surface area (Å²) in [5.74, 6) is 0.124. The van der Waals surface area contributed by atoms with Gasteiger partial charge in [0, 0.05) is 25.2 Å². The van der Waals surface area contributed by atoms with E-state index in [-0.39, 0.29) is 5.84 Å². The molecule has 0 amide bonds. The van der Waals surface area contributed by atoms with E-state index in [0.717, 1.165) is 38.2 Å². The number of amidine groups is 1. The lowest BCUT2D eigenvalue weighted by atomic mass is 10.1. The number of nitrogens with zero attached hydrogens (tertiary/aromatic N) is 1. The van der Waals surface area contributed by atoms with Gasteiger partial charge in [0.1, 0.15) is 5.84 Å². The van der Waals surface area contributed by atoms with Gasteiger partial charge in [-0.15, -0.1) is 0 Å². The lowest BCUT2D eigenvalue weighted by Gasteiger charge is -2.32. The zero-order valence-electron chi connectivity index (χ0n) is 10.9. The third kappa shape index (κ3) is 3.31. The molecule has 0 aliphatic carbocycles. The van der Waals surface area contributed by atoms with Crippen LogP contribution in [0, 0.1) is 5.41 Å². The Balaban J connectivity index is 1.94. The summed E-state index contributed by atoms with van der Waals surface area (Å²) in [7, 11) is 0. The van der Waals surface area contributed by atoms with Crippen LogP contribution in [-0.2, 0) is 11.3 Å². The highest BCUT2D eigenvalue weighted by Crippen LogP contribution is 2.13. The van der Waals surface area contributed by atoms with Gasteiger partial charge in [-0.2, -0.15) is 0 Å². The number of hydrogen-bond donors (Lipinski definition) is 2. The molecule has 1 aliphatic rings. The average Bonchev–Trinajstić information content (AvgIpc) is 2.39. The number of nitrogens with one attached hydrogen (secondary N) is 1. The van der Waals surface area contributed by atoms with Crippen molar-refractivity contribution in [2.24, 2.45) is 5.73 Å². The first-order chi connectivity index (χ1) is 8.69. The number of rotatable bonds is 4. The third-order valence-corrected chi connectivity index (χ3v) is 3.35. The summed E-state index contributed by atoms with van der Waals surface area (Å²) in [4.78, 5) is 2.42. The average molecular weight is 247 g/mol. The van der Waals surface area contributed by atoms with Crippen molar-refractivity contribution in [3.8, 4) is 0 Å². The number of nitrogen functional groups attached to an aromatic ring is 1. The predicted octanol–water partition coefficient (Wildman–Crippen LogP) is 1.58. The van der Waals surface area contributed by atoms with E-state index in [0.29, 0.717) is 6.10 Å². The molecule has 1 aromatic rings. The molecule has 1 atom stereocenters. The van der Waals surface area contributed by atoms with Crippen LogP contribution in [0.1, 0.15) is 24.5 Å². The fraction of sp³-hybridized carbons (Fsp3) is 0.500. The van der Waals surface area contributed by atoms with E-state index in [1.54, 1.807) is 0 Å². The van der Waals surface area contributed by atoms with Crippen molar-refractivity contribution in [2.75, 3.05) is 19.7 Å². The van der Waals surface area contributed by atoms with Gasteiger partial charge in [-0.05, 0) is 12.0 Å². The smallest absolute Gasteiger partial charge is 0.122 e. The van der Waals surface area contributed by atoms with Gasteiger partial charge >= 0.3 is 0 Å². The Morgan fingerprint density at radius 1 is 1.44 bits per heavy atom. The lowest BCUT2D eigenvalue weighted by molar-refractivity contribution is -0.0324. The topological polar surface area (TPSA) is 62.3 Å². The number of ether oxygens (including phenoxy) is 1. The Morgan fingerprint density at radius 3 is 2.78 bits per heavy atom. The van der Waals surface area contributed by atoms with Crippen molar-refractivity contribution in [1.82, 2.24) is 4.90 Å². The molecule has 1 aromatic carbocycles. The van der Waals surface area contributed by atoms with Crippen LogP contribution >= 0.6 is 0 Å². The van der Waals surface area contributed by atoms with Crippen molar-refractivity contribution < 1.29 is 4.74 Å². The molecule has 1 unspecified atom stereocenters. The molecule has 1 saturated heterocycles. The molecule has 0 spiro atoms. The van der Waals surface area contributed by atoms with E-state index in [2.05, 4.69) is 11.8 Å². The van der Waals surface area contributed by atoms with Crippen molar-refractivity contribution >= 4 is 5.84 Å². The molecule has 0 aromatic heterocycles. The van der Waals surface area contributed by atoms with Gasteiger partial charge in [-0.3, -0.25) is 10.3 Å². The Hall–Kier alpha value is -1.39. The molecule has 98 valence electrons. The highest BCUT2D eigenvalue weighted by atomic mass is 16.5. The highest BCUT2D eigenvalue weighted by Gasteiger charge is 2.18. The van der Waals surface area contributed by atoms with E-state index in [1.165, 1.54) is 5.56 Å². The SMILES string of the molecule is CCC1CN(Cc2ccc(C(=N)N)cc2)CCO1. The maximum Gasteiger partial charge on any atom is 0.122 e. The molecule has 3 N–H and O–H groups in total. The first-order valence-electron chi connectivity index (χ1n) is 6.46. The molecule has 18 heavy (non-hydrogen) atoms. The number of benzene rings is 1. The Bertz CT molecular complexity index is 402. The highest BCUT2D eigenvalue weighted by molar-refractivity contribution is 5.94. The van der Waals surface area contributed by atoms with Crippen LogP contribution < -0.4 is 5.73 Å². The van der Waals surface area contributed by atoms with Crippen molar-refractivity contribution in [1.29, 1.82) is 5.41 Å². The Labute approximate surface area is 108 Å². The van der Waals surface area contributed by atoms with Crippen molar-refractivity contribution in [2.45, 2.75) is 26.0 Å². The summed E-state index contributed by atoms with van der Waals surface area (Å²) in [6, 6.07) is 7.92. The quantitative estimate of drug-likeness (QED) is 0.627. The van der Waals surface area contributed by atoms with Crippen LogP contribution in [0.15, 0.2) is 24.3 Å². The molecule has 2 rings (SSSR count). The van der Waals surface area contributed by atoms with Gasteiger partial charge in [0.05, 0.1) is 12.7 Å². The molecule has 4 nitrogen and oxygen atoms in total. The van der Waals surface area contributed by atoms with Crippen LogP contribution in [-0.4, -0.2) is 36.5 Å². The van der Waals surface area contributed by atoms with Crippen LogP contribution in [0.25, 0.3) is 0 Å². The standard InChI is InChI=1S/C14H21N3O/c1-2-13-10-17(7-8-18-13)9-11-3-5-12(6-4-11)14(15)16/h3-6,13H,2,7-10H2,1H3,(H3,15,16). The second kappa shape index (κ2) is 5.98. The summed E-state index contributed by atoms with van der Waals surface area (Å²) < 4.78 is 5.66. The molecule has 0 radical (unpaired) electrons. The molecule has 0 bridgehead atoms. The second-order valence-corrected chi connectivity index (χ2v) is 4.75. The summed E-state index contributed by atoms with van der Waals surface area (Å²) in [6.07, 6.45) is 1.44. The number of morpholine rings is 1. The zero-order valence-corrected chi connectivity index (χ0v) is 10.9. The molecule has 1 aliphatic heterocycles. The summed E-state index contributed by atoms with van der Waals surface area (Å²) >= 11 is 0. The van der Waals surface area contributed by atoms with E-state index >= 15 is 0 Å². The largest absolute Gasteiger partial charge is 0.384 e. The zero-order chi connectivity index (χ0) is 13.0. The van der Waals surface area contributed by atoms with Crippen LogP contribution in [0.5, 0.6) is 0 Å². The van der Waals surface area contributed by atoms with Crippen LogP contribution in [0.3, 0.4) is 0 Å². The fourth-order valence-electron chi connectivity index (χ4n) is 2.22. The predicted molar refractivity (Wildman–Crippen MR) is 72.8 cm³/mol. The normalized spacial score (nSPS) is 20.8. The molecule has 4 heteroatoms. The number of nitrogens with two attached hydrogens (primary N) is 1. The van der Waals surface area contributed by atoms with Gasteiger partial charge in [-0.1, -0.05) is 31.2 Å². The first kappa shape index (κ1) is 13.1. The minimum Gasteiger partial charge on any atom is -0.384 e. The van der Waals surface area contributed by atoms with E-state index < -0.39 is 0 Å². The fourth-order valence-corrected chi connectivity index (χ4v) is 2.22. The maximum atomic E-state index is 7.36. The summed E-state index contributed by atoms with van der Waals surface area (Å²) in [5.41, 5.74) is 7.49. The Kier molecular flexibility index (Phi) is 4.33.